The van der Waals surface area contributed by atoms with E-state index >= 15 is 0 Å². The van der Waals surface area contributed by atoms with Crippen LogP contribution in [0.2, 0.25) is 0 Å². The highest BCUT2D eigenvalue weighted by Crippen LogP contribution is 2.49. The summed E-state index contributed by atoms with van der Waals surface area (Å²) < 4.78 is 1.67. The Bertz CT molecular complexity index is 1080. The van der Waals surface area contributed by atoms with Gasteiger partial charge in [0.15, 0.2) is 0 Å². The van der Waals surface area contributed by atoms with Gasteiger partial charge in [0.1, 0.15) is 6.04 Å². The Balaban J connectivity index is 1.85. The van der Waals surface area contributed by atoms with Crippen molar-refractivity contribution in [1.82, 2.24) is 19.8 Å². The molecule has 2 aliphatic heterocycles. The highest BCUT2D eigenvalue weighted by molar-refractivity contribution is 5.98. The zero-order chi connectivity index (χ0) is 22.1. The van der Waals surface area contributed by atoms with Gasteiger partial charge in [0.2, 0.25) is 5.91 Å². The van der Waals surface area contributed by atoms with E-state index in [1.165, 1.54) is 6.20 Å². The third-order valence-electron chi connectivity index (χ3n) is 6.21. The van der Waals surface area contributed by atoms with Crippen molar-refractivity contribution in [3.63, 3.8) is 0 Å². The second-order valence-electron chi connectivity index (χ2n) is 7.88. The maximum atomic E-state index is 13.6. The van der Waals surface area contributed by atoms with Gasteiger partial charge in [-0.1, -0.05) is 12.2 Å². The fourth-order valence-electron chi connectivity index (χ4n) is 4.95. The number of aromatic nitrogens is 2. The van der Waals surface area contributed by atoms with Crippen molar-refractivity contribution in [2.24, 2.45) is 11.8 Å². The first kappa shape index (κ1) is 21.0. The van der Waals surface area contributed by atoms with E-state index in [0.29, 0.717) is 29.9 Å². The molecule has 1 saturated heterocycles. The molecular weight excluding hydrogens is 396 g/mol. The monoisotopic (exact) mass is 422 g/mol. The van der Waals surface area contributed by atoms with E-state index < -0.39 is 18.0 Å². The van der Waals surface area contributed by atoms with Crippen LogP contribution < -0.4 is 10.9 Å². The van der Waals surface area contributed by atoms with Crippen LogP contribution in [0.5, 0.6) is 0 Å². The number of likely N-dealkylation sites (N-methyl/N-ethyl adjacent to an activating group) is 1. The zero-order valence-electron chi connectivity index (χ0n) is 17.6. The van der Waals surface area contributed by atoms with E-state index in [9.17, 15) is 19.5 Å². The quantitative estimate of drug-likeness (QED) is 0.754. The maximum absolute atomic E-state index is 13.6. The van der Waals surface area contributed by atoms with Crippen molar-refractivity contribution in [3.05, 3.63) is 69.9 Å². The van der Waals surface area contributed by atoms with Crippen LogP contribution in [0, 0.1) is 11.8 Å². The van der Waals surface area contributed by atoms with Crippen molar-refractivity contribution in [2.45, 2.75) is 32.5 Å². The molecule has 0 aliphatic carbocycles. The Labute approximate surface area is 180 Å². The molecule has 1 fully saturated rings. The van der Waals surface area contributed by atoms with Gasteiger partial charge in [0.25, 0.3) is 11.5 Å². The van der Waals surface area contributed by atoms with Crippen LogP contribution in [0.4, 0.5) is 0 Å². The van der Waals surface area contributed by atoms with Gasteiger partial charge in [0.05, 0.1) is 11.6 Å². The number of nitrogens with one attached hydrogen (secondary N) is 1. The summed E-state index contributed by atoms with van der Waals surface area (Å²) in [6, 6.07) is 5.61. The number of hydrogen-bond donors (Lipinski definition) is 2. The number of aliphatic hydroxyl groups excluding tert-OH is 1. The molecule has 0 aromatic carbocycles. The summed E-state index contributed by atoms with van der Waals surface area (Å²) in [7, 11) is 0. The molecule has 162 valence electrons. The van der Waals surface area contributed by atoms with Gasteiger partial charge in [0, 0.05) is 55.2 Å². The molecule has 0 saturated carbocycles. The molecule has 8 nitrogen and oxygen atoms in total. The fourth-order valence-corrected chi connectivity index (χ4v) is 4.95. The number of carbonyl (C=O) groups is 2. The minimum Gasteiger partial charge on any atom is -0.396 e. The summed E-state index contributed by atoms with van der Waals surface area (Å²) in [6.07, 6.45) is 6.60. The van der Waals surface area contributed by atoms with E-state index in [1.54, 1.807) is 46.0 Å². The number of carbonyl (C=O) groups excluding carboxylic acids is 2. The molecule has 2 aromatic heterocycles. The Morgan fingerprint density at radius 2 is 2.13 bits per heavy atom. The minimum atomic E-state index is -0.827. The van der Waals surface area contributed by atoms with Gasteiger partial charge in [-0.25, -0.2) is 0 Å². The molecule has 31 heavy (non-hydrogen) atoms. The predicted octanol–water partition coefficient (Wildman–Crippen LogP) is 1.22. The molecule has 4 rings (SSSR count). The Morgan fingerprint density at radius 3 is 2.77 bits per heavy atom. The number of pyridine rings is 2. The average Bonchev–Trinajstić information content (AvgIpc) is 3.31. The fraction of sp³-hybridized carbons (Fsp3) is 0.391. The van der Waals surface area contributed by atoms with Crippen molar-refractivity contribution in [2.75, 3.05) is 13.2 Å². The van der Waals surface area contributed by atoms with Gasteiger partial charge in [-0.15, -0.1) is 0 Å². The lowest BCUT2D eigenvalue weighted by Gasteiger charge is -2.31. The van der Waals surface area contributed by atoms with Crippen molar-refractivity contribution < 1.29 is 14.7 Å². The molecule has 2 aliphatic rings. The number of allylic oxidation sites excluding steroid dienone is 1. The number of hydrogen-bond acceptors (Lipinski definition) is 5. The highest BCUT2D eigenvalue weighted by Gasteiger charge is 2.57. The van der Waals surface area contributed by atoms with Crippen LogP contribution in [-0.4, -0.2) is 50.6 Å². The first-order valence-corrected chi connectivity index (χ1v) is 10.5. The number of fused-ring (bicyclic) bond motifs is 3. The van der Waals surface area contributed by atoms with Gasteiger partial charge in [-0.3, -0.25) is 19.4 Å². The van der Waals surface area contributed by atoms with E-state index in [1.807, 2.05) is 19.9 Å². The summed E-state index contributed by atoms with van der Waals surface area (Å²) in [5.74, 6) is -1.37. The Hall–Kier alpha value is -3.26. The van der Waals surface area contributed by atoms with Gasteiger partial charge in [-0.2, -0.15) is 0 Å². The molecule has 2 N–H and O–H groups in total. The lowest BCUT2D eigenvalue weighted by Crippen LogP contribution is -2.50. The van der Waals surface area contributed by atoms with E-state index in [4.69, 9.17) is 0 Å². The number of likely N-dealkylation sites (tertiary alicyclic amines) is 1. The lowest BCUT2D eigenvalue weighted by molar-refractivity contribution is -0.126. The van der Waals surface area contributed by atoms with Crippen LogP contribution in [0.3, 0.4) is 0 Å². The third kappa shape index (κ3) is 3.37. The summed E-state index contributed by atoms with van der Waals surface area (Å²) in [4.78, 5) is 45.1. The molecule has 2 aromatic rings. The van der Waals surface area contributed by atoms with E-state index in [0.717, 1.165) is 0 Å². The summed E-state index contributed by atoms with van der Waals surface area (Å²) in [5, 5.41) is 13.0. The van der Waals surface area contributed by atoms with Gasteiger partial charge in [-0.05, 0) is 38.1 Å². The van der Waals surface area contributed by atoms with Crippen LogP contribution in [0.1, 0.15) is 41.5 Å². The second kappa shape index (κ2) is 8.47. The van der Waals surface area contributed by atoms with Crippen LogP contribution in [0.15, 0.2) is 47.5 Å². The molecule has 0 bridgehead atoms. The lowest BCUT2D eigenvalue weighted by atomic mass is 9.88. The molecule has 0 unspecified atom stereocenters. The minimum absolute atomic E-state index is 0.134. The smallest absolute Gasteiger partial charge is 0.258 e. The maximum Gasteiger partial charge on any atom is 0.258 e. The molecule has 2 amide bonds. The summed E-state index contributed by atoms with van der Waals surface area (Å²) in [6.45, 7) is 4.17. The Morgan fingerprint density at radius 1 is 1.32 bits per heavy atom. The first-order chi connectivity index (χ1) is 15.0. The zero-order valence-corrected chi connectivity index (χ0v) is 17.6. The molecule has 8 heteroatoms. The number of rotatable bonds is 5. The largest absolute Gasteiger partial charge is 0.396 e. The Kier molecular flexibility index (Phi) is 5.73. The third-order valence-corrected chi connectivity index (χ3v) is 6.21. The number of aliphatic hydroxyl groups is 1. The van der Waals surface area contributed by atoms with Crippen LogP contribution in [-0.2, 0) is 11.3 Å². The van der Waals surface area contributed by atoms with E-state index in [2.05, 4.69) is 10.3 Å². The summed E-state index contributed by atoms with van der Waals surface area (Å²) in [5.41, 5.74) is 1.48. The van der Waals surface area contributed by atoms with Crippen molar-refractivity contribution >= 4 is 17.9 Å². The van der Waals surface area contributed by atoms with Crippen LogP contribution >= 0.6 is 0 Å². The highest BCUT2D eigenvalue weighted by atomic mass is 16.3. The SMILES string of the molecule is C/C=C/c1ccc2n(c1=O)C[C@@H]1[C@@H](CO)[C@H](C(=O)NCC)N(C(=O)c3cccnc3)[C@H]21. The molecule has 0 spiro atoms. The molecular formula is C23H26N4O4. The van der Waals surface area contributed by atoms with Crippen molar-refractivity contribution in [1.29, 1.82) is 0 Å². The van der Waals surface area contributed by atoms with Gasteiger partial charge >= 0.3 is 0 Å². The van der Waals surface area contributed by atoms with Gasteiger partial charge < -0.3 is 19.9 Å². The number of nitrogens with zero attached hydrogens (tertiary/aromatic N) is 3. The number of amides is 2. The molecule has 0 radical (unpaired) electrons. The molecule has 4 heterocycles. The van der Waals surface area contributed by atoms with E-state index in [-0.39, 0.29) is 29.9 Å². The van der Waals surface area contributed by atoms with Crippen molar-refractivity contribution in [3.8, 4) is 0 Å². The van der Waals surface area contributed by atoms with Crippen LogP contribution in [0.25, 0.3) is 6.08 Å². The first-order valence-electron chi connectivity index (χ1n) is 10.5. The summed E-state index contributed by atoms with van der Waals surface area (Å²) >= 11 is 0. The normalized spacial score (nSPS) is 24.3. The molecule has 4 atom stereocenters. The predicted molar refractivity (Wildman–Crippen MR) is 115 cm³/mol. The second-order valence-corrected chi connectivity index (χ2v) is 7.88. The standard InChI is InChI=1S/C23H26N4O4/c1-3-6-14-8-9-18-19-16(12-26(18)22(14)30)17(13-28)20(21(29)25-4-2)27(19)23(31)15-7-5-10-24-11-15/h3,5-11,16-17,19-20,28H,4,12-13H2,1-2H3,(H,25,29)/b6-3+/t16-,17-,19+,20-/m1/s1. The average molecular weight is 422 g/mol. The topological polar surface area (TPSA) is 105 Å².